The molecule has 3 unspecified atom stereocenters. The van der Waals surface area contributed by atoms with Gasteiger partial charge in [-0.3, -0.25) is 0 Å². The first-order valence-corrected chi connectivity index (χ1v) is 22.4. The average molecular weight is 797 g/mol. The van der Waals surface area contributed by atoms with Crippen molar-refractivity contribution in [1.82, 2.24) is 4.90 Å². The molecule has 0 aromatic heterocycles. The predicted octanol–water partition coefficient (Wildman–Crippen LogP) is 16.3. The highest BCUT2D eigenvalue weighted by molar-refractivity contribution is 6.11. The molecule has 3 atom stereocenters. The van der Waals surface area contributed by atoms with Gasteiger partial charge in [-0.1, -0.05) is 172 Å². The molecule has 3 aliphatic carbocycles. The second kappa shape index (κ2) is 18.5. The third kappa shape index (κ3) is 8.12. The number of allylic oxidation sites excluding steroid dienone is 13. The number of benzene rings is 5. The third-order valence-corrected chi connectivity index (χ3v) is 12.4. The van der Waals surface area contributed by atoms with Crippen LogP contribution in [0.1, 0.15) is 91.9 Å². The van der Waals surface area contributed by atoms with Gasteiger partial charge in [-0.05, 0) is 134 Å². The molecule has 0 heterocycles. The van der Waals surface area contributed by atoms with Gasteiger partial charge in [0.25, 0.3) is 0 Å². The van der Waals surface area contributed by atoms with E-state index in [9.17, 15) is 0 Å². The summed E-state index contributed by atoms with van der Waals surface area (Å²) in [6, 6.07) is 36.6. The summed E-state index contributed by atoms with van der Waals surface area (Å²) in [4.78, 5) is 5.09. The lowest BCUT2D eigenvalue weighted by molar-refractivity contribution is 0.303. The molecule has 0 radical (unpaired) electrons. The molecule has 0 saturated carbocycles. The summed E-state index contributed by atoms with van der Waals surface area (Å²) in [7, 11) is 0. The van der Waals surface area contributed by atoms with Crippen LogP contribution in [0.5, 0.6) is 0 Å². The van der Waals surface area contributed by atoms with Crippen LogP contribution >= 0.6 is 0 Å². The highest BCUT2D eigenvalue weighted by Crippen LogP contribution is 2.53. The summed E-state index contributed by atoms with van der Waals surface area (Å²) in [5.41, 5.74) is 17.9. The van der Waals surface area contributed by atoms with Crippen LogP contribution in [0.15, 0.2) is 194 Å². The zero-order valence-electron chi connectivity index (χ0n) is 36.9. The van der Waals surface area contributed by atoms with Gasteiger partial charge in [0.05, 0.1) is 11.7 Å². The van der Waals surface area contributed by atoms with Gasteiger partial charge in [0.15, 0.2) is 0 Å². The number of nitrogens with zero attached hydrogens (tertiary/aromatic N) is 2. The summed E-state index contributed by atoms with van der Waals surface area (Å²) in [6.45, 7) is 17.5. The Labute approximate surface area is 365 Å². The number of anilines is 3. The van der Waals surface area contributed by atoms with E-state index < -0.39 is 0 Å². The maximum atomic E-state index is 4.19. The molecule has 306 valence electrons. The SMILES string of the molecule is C=C/C=C(\C=C/C)N(C(/C=C\CC)=C/CC)C1CC2C=CC=CC2=C(c2c3c(c(N(c4ccc(C)cc4)c4ccc(C)cc4)c4ccccc24)C=CC(C)C3)c2ccccc21. The first-order chi connectivity index (χ1) is 29.9. The predicted molar refractivity (Wildman–Crippen MR) is 264 cm³/mol. The maximum absolute atomic E-state index is 4.19. The number of hydrogen-bond donors (Lipinski definition) is 0. The molecule has 0 spiro atoms. The number of aryl methyl sites for hydroxylation is 2. The zero-order chi connectivity index (χ0) is 42.5. The van der Waals surface area contributed by atoms with Gasteiger partial charge in [-0.25, -0.2) is 0 Å². The first kappa shape index (κ1) is 41.4. The van der Waals surface area contributed by atoms with Gasteiger partial charge in [-0.15, -0.1) is 0 Å². The van der Waals surface area contributed by atoms with Crippen LogP contribution < -0.4 is 4.90 Å². The van der Waals surface area contributed by atoms with Gasteiger partial charge in [0.2, 0.25) is 0 Å². The van der Waals surface area contributed by atoms with Crippen molar-refractivity contribution in [2.45, 2.75) is 73.3 Å². The van der Waals surface area contributed by atoms with Crippen LogP contribution in [0.4, 0.5) is 17.1 Å². The molecule has 2 heteroatoms. The fourth-order valence-corrected chi connectivity index (χ4v) is 9.69. The van der Waals surface area contributed by atoms with E-state index >= 15 is 0 Å². The van der Waals surface area contributed by atoms with Crippen molar-refractivity contribution in [3.8, 4) is 0 Å². The average Bonchev–Trinajstić information content (AvgIpc) is 3.41. The molecule has 61 heavy (non-hydrogen) atoms. The van der Waals surface area contributed by atoms with Gasteiger partial charge in [0.1, 0.15) is 0 Å². The van der Waals surface area contributed by atoms with Gasteiger partial charge in [-0.2, -0.15) is 0 Å². The molecule has 5 aromatic rings. The van der Waals surface area contributed by atoms with Gasteiger partial charge >= 0.3 is 0 Å². The number of fused-ring (bicyclic) bond motifs is 4. The normalized spacial score (nSPS) is 18.7. The Bertz CT molecular complexity index is 2620. The zero-order valence-corrected chi connectivity index (χ0v) is 36.9. The molecule has 5 aromatic carbocycles. The van der Waals surface area contributed by atoms with Crippen molar-refractivity contribution in [2.24, 2.45) is 11.8 Å². The Morgan fingerprint density at radius 1 is 0.754 bits per heavy atom. The second-order valence-electron chi connectivity index (χ2n) is 16.8. The lowest BCUT2D eigenvalue weighted by Gasteiger charge is -2.37. The molecule has 0 bridgehead atoms. The van der Waals surface area contributed by atoms with Gasteiger partial charge < -0.3 is 9.80 Å². The van der Waals surface area contributed by atoms with E-state index in [4.69, 9.17) is 0 Å². The molecule has 0 saturated heterocycles. The van der Waals surface area contributed by atoms with E-state index in [1.54, 1.807) is 0 Å². The quantitative estimate of drug-likeness (QED) is 0.116. The largest absolute Gasteiger partial charge is 0.334 e. The highest BCUT2D eigenvalue weighted by atomic mass is 15.2. The standard InChI is InChI=1S/C59H60N2/c1-8-12-23-46(21-11-4)60(45(19-9-2)20-10-3)56-40-44-22-13-14-24-49(44)57(51-26-16-15-25-50(51)56)58-52-27-17-18-28-53(52)59(54-38-33-43(7)39-55(54)58)61(47-34-29-41(5)30-35-47)48-36-31-42(6)32-37-48/h9-10,12-38,43-44,56H,2,8,11,39-40H2,1,3-7H3/b20-10-,23-12-,45-19+,46-21+. The Morgan fingerprint density at radius 3 is 2.11 bits per heavy atom. The number of hydrogen-bond acceptors (Lipinski definition) is 2. The van der Waals surface area contributed by atoms with E-state index in [0.717, 1.165) is 42.8 Å². The summed E-state index contributed by atoms with van der Waals surface area (Å²) in [5, 5.41) is 2.54. The van der Waals surface area contributed by atoms with Crippen LogP contribution in [0.25, 0.3) is 22.4 Å². The van der Waals surface area contributed by atoms with Crippen molar-refractivity contribution in [1.29, 1.82) is 0 Å². The monoisotopic (exact) mass is 796 g/mol. The van der Waals surface area contributed by atoms with E-state index in [0.29, 0.717) is 5.92 Å². The van der Waals surface area contributed by atoms with Crippen molar-refractivity contribution in [3.05, 3.63) is 232 Å². The van der Waals surface area contributed by atoms with Gasteiger partial charge in [0, 0.05) is 39.6 Å². The summed E-state index contributed by atoms with van der Waals surface area (Å²) in [6.07, 6.45) is 33.5. The second-order valence-corrected chi connectivity index (χ2v) is 16.8. The first-order valence-electron chi connectivity index (χ1n) is 22.4. The van der Waals surface area contributed by atoms with Crippen LogP contribution in [-0.2, 0) is 6.42 Å². The molecule has 0 amide bonds. The molecule has 0 N–H and O–H groups in total. The lowest BCUT2D eigenvalue weighted by Crippen LogP contribution is -2.28. The molecule has 3 aliphatic rings. The van der Waals surface area contributed by atoms with Crippen LogP contribution in [0.3, 0.4) is 0 Å². The van der Waals surface area contributed by atoms with Crippen LogP contribution in [-0.4, -0.2) is 4.90 Å². The maximum Gasteiger partial charge on any atom is 0.0615 e. The summed E-state index contributed by atoms with van der Waals surface area (Å²) < 4.78 is 0. The topological polar surface area (TPSA) is 6.48 Å². The Morgan fingerprint density at radius 2 is 1.44 bits per heavy atom. The minimum absolute atomic E-state index is 0.0466. The van der Waals surface area contributed by atoms with Crippen LogP contribution in [0, 0.1) is 25.7 Å². The highest BCUT2D eigenvalue weighted by Gasteiger charge is 2.37. The summed E-state index contributed by atoms with van der Waals surface area (Å²) >= 11 is 0. The Hall–Kier alpha value is -6.38. The molecule has 2 nitrogen and oxygen atoms in total. The van der Waals surface area contributed by atoms with Crippen molar-refractivity contribution in [3.63, 3.8) is 0 Å². The molecule has 8 rings (SSSR count). The fraction of sp³-hybridized carbons (Fsp3) is 0.220. The van der Waals surface area contributed by atoms with Crippen molar-refractivity contribution >= 4 is 39.5 Å². The molecule has 0 aliphatic heterocycles. The van der Waals surface area contributed by atoms with E-state index in [2.05, 4.69) is 228 Å². The van der Waals surface area contributed by atoms with E-state index in [1.807, 2.05) is 6.08 Å². The molecular formula is C59H60N2. The Kier molecular flexibility index (Phi) is 12.5. The smallest absolute Gasteiger partial charge is 0.0615 e. The number of rotatable bonds is 12. The minimum Gasteiger partial charge on any atom is -0.334 e. The molecular weight excluding hydrogens is 737 g/mol. The fourth-order valence-electron chi connectivity index (χ4n) is 9.69. The Balaban J connectivity index is 1.46. The molecule has 0 fully saturated rings. The third-order valence-electron chi connectivity index (χ3n) is 12.4. The van der Waals surface area contributed by atoms with E-state index in [1.165, 1.54) is 72.2 Å². The van der Waals surface area contributed by atoms with Crippen molar-refractivity contribution < 1.29 is 0 Å². The summed E-state index contributed by atoms with van der Waals surface area (Å²) in [5.74, 6) is 0.579. The van der Waals surface area contributed by atoms with Crippen LogP contribution in [0.2, 0.25) is 0 Å². The minimum atomic E-state index is 0.0466. The lowest BCUT2D eigenvalue weighted by atomic mass is 9.76. The van der Waals surface area contributed by atoms with E-state index in [-0.39, 0.29) is 12.0 Å². The van der Waals surface area contributed by atoms with Crippen molar-refractivity contribution in [2.75, 3.05) is 4.90 Å².